The Labute approximate surface area is 154 Å². The summed E-state index contributed by atoms with van der Waals surface area (Å²) in [5.74, 6) is 0. The van der Waals surface area contributed by atoms with Gasteiger partial charge >= 0.3 is 6.09 Å². The molecule has 4 heteroatoms. The molecule has 1 atom stereocenters. The molecule has 0 radical (unpaired) electrons. The highest BCUT2D eigenvalue weighted by molar-refractivity contribution is 5.83. The molecule has 0 unspecified atom stereocenters. The van der Waals surface area contributed by atoms with Crippen LogP contribution in [0.1, 0.15) is 31.9 Å². The number of carbonyl (C=O) groups is 1. The van der Waals surface area contributed by atoms with Gasteiger partial charge in [-0.1, -0.05) is 48.5 Å². The second kappa shape index (κ2) is 7.65. The molecule has 0 spiro atoms. The van der Waals surface area contributed by atoms with Gasteiger partial charge in [0.05, 0.1) is 0 Å². The molecule has 3 rings (SSSR count). The van der Waals surface area contributed by atoms with Crippen molar-refractivity contribution in [2.24, 2.45) is 0 Å². The van der Waals surface area contributed by atoms with E-state index in [1.165, 1.54) is 16.5 Å². The summed E-state index contributed by atoms with van der Waals surface area (Å²) in [6.07, 6.45) is 3.13. The number of hydrogen-bond donors (Lipinski definition) is 2. The van der Waals surface area contributed by atoms with Crippen molar-refractivity contribution in [2.45, 2.75) is 45.3 Å². The second-order valence-corrected chi connectivity index (χ2v) is 7.60. The van der Waals surface area contributed by atoms with Gasteiger partial charge in [0, 0.05) is 23.1 Å². The van der Waals surface area contributed by atoms with E-state index in [1.807, 2.05) is 57.3 Å². The Bertz CT molecular complexity index is 862. The standard InChI is InChI=1S/C22H26N2O2/c1-22(2,3)26-21(25)24-18(13-16-9-5-4-6-10-16)14-17-15-23-20-12-8-7-11-19(17)20/h4-12,15,18,23H,13-14H2,1-3H3,(H,24,25)/t18-/m1/s1. The summed E-state index contributed by atoms with van der Waals surface area (Å²) in [5, 5.41) is 4.24. The summed E-state index contributed by atoms with van der Waals surface area (Å²) in [5.41, 5.74) is 2.98. The third kappa shape index (κ3) is 4.88. The van der Waals surface area contributed by atoms with Crippen LogP contribution in [0, 0.1) is 0 Å². The molecular formula is C22H26N2O2. The van der Waals surface area contributed by atoms with Crippen molar-refractivity contribution in [3.8, 4) is 0 Å². The maximum absolute atomic E-state index is 12.3. The molecule has 0 fully saturated rings. The van der Waals surface area contributed by atoms with Crippen LogP contribution >= 0.6 is 0 Å². The minimum Gasteiger partial charge on any atom is -0.444 e. The molecular weight excluding hydrogens is 324 g/mol. The molecule has 0 bridgehead atoms. The van der Waals surface area contributed by atoms with Crippen molar-refractivity contribution in [2.75, 3.05) is 0 Å². The number of carbonyl (C=O) groups excluding carboxylic acids is 1. The lowest BCUT2D eigenvalue weighted by Gasteiger charge is -2.24. The molecule has 1 amide bonds. The Balaban J connectivity index is 1.79. The molecule has 0 aliphatic rings. The fourth-order valence-corrected chi connectivity index (χ4v) is 3.11. The van der Waals surface area contributed by atoms with Gasteiger partial charge in [-0.3, -0.25) is 0 Å². The smallest absolute Gasteiger partial charge is 0.407 e. The number of amides is 1. The lowest BCUT2D eigenvalue weighted by atomic mass is 9.99. The molecule has 26 heavy (non-hydrogen) atoms. The number of benzene rings is 2. The third-order valence-electron chi connectivity index (χ3n) is 4.19. The number of nitrogens with one attached hydrogen (secondary N) is 2. The molecule has 4 nitrogen and oxygen atoms in total. The van der Waals surface area contributed by atoms with Crippen molar-refractivity contribution >= 4 is 17.0 Å². The van der Waals surface area contributed by atoms with Gasteiger partial charge in [-0.05, 0) is 50.8 Å². The predicted molar refractivity (Wildman–Crippen MR) is 105 cm³/mol. The van der Waals surface area contributed by atoms with Crippen LogP contribution in [0.15, 0.2) is 60.8 Å². The topological polar surface area (TPSA) is 54.1 Å². The molecule has 2 N–H and O–H groups in total. The maximum atomic E-state index is 12.3. The van der Waals surface area contributed by atoms with Gasteiger partial charge in [0.1, 0.15) is 5.60 Å². The van der Waals surface area contributed by atoms with E-state index in [1.54, 1.807) is 0 Å². The normalized spacial score (nSPS) is 12.7. The first-order valence-electron chi connectivity index (χ1n) is 8.99. The van der Waals surface area contributed by atoms with Crippen molar-refractivity contribution in [1.29, 1.82) is 0 Å². The van der Waals surface area contributed by atoms with Gasteiger partial charge in [0.15, 0.2) is 0 Å². The average molecular weight is 350 g/mol. The van der Waals surface area contributed by atoms with Crippen molar-refractivity contribution in [3.05, 3.63) is 71.9 Å². The minimum absolute atomic E-state index is 0.0496. The highest BCUT2D eigenvalue weighted by atomic mass is 16.6. The first-order chi connectivity index (χ1) is 12.4. The third-order valence-corrected chi connectivity index (χ3v) is 4.19. The zero-order chi connectivity index (χ0) is 18.6. The lowest BCUT2D eigenvalue weighted by molar-refractivity contribution is 0.0504. The Hall–Kier alpha value is -2.75. The lowest BCUT2D eigenvalue weighted by Crippen LogP contribution is -2.41. The van der Waals surface area contributed by atoms with Crippen molar-refractivity contribution in [1.82, 2.24) is 10.3 Å². The zero-order valence-electron chi connectivity index (χ0n) is 15.6. The molecule has 0 aliphatic heterocycles. The van der Waals surface area contributed by atoms with E-state index in [9.17, 15) is 4.79 Å². The maximum Gasteiger partial charge on any atom is 0.407 e. The van der Waals surface area contributed by atoms with E-state index in [2.05, 4.69) is 34.6 Å². The molecule has 136 valence electrons. The van der Waals surface area contributed by atoms with Crippen molar-refractivity contribution < 1.29 is 9.53 Å². The van der Waals surface area contributed by atoms with E-state index in [-0.39, 0.29) is 12.1 Å². The highest BCUT2D eigenvalue weighted by Crippen LogP contribution is 2.20. The Morgan fingerprint density at radius 3 is 2.46 bits per heavy atom. The summed E-state index contributed by atoms with van der Waals surface area (Å²) in [6.45, 7) is 5.62. The van der Waals surface area contributed by atoms with Gasteiger partial charge in [-0.15, -0.1) is 0 Å². The Morgan fingerprint density at radius 1 is 1.04 bits per heavy atom. The highest BCUT2D eigenvalue weighted by Gasteiger charge is 2.21. The Kier molecular flexibility index (Phi) is 5.31. The molecule has 1 aromatic heterocycles. The first-order valence-corrected chi connectivity index (χ1v) is 8.99. The zero-order valence-corrected chi connectivity index (χ0v) is 15.6. The SMILES string of the molecule is CC(C)(C)OC(=O)N[C@H](Cc1ccccc1)Cc1c[nH]c2ccccc12. The first kappa shape index (κ1) is 18.1. The van der Waals surface area contributed by atoms with Crippen LogP contribution in [0.3, 0.4) is 0 Å². The second-order valence-electron chi connectivity index (χ2n) is 7.60. The summed E-state index contributed by atoms with van der Waals surface area (Å²) >= 11 is 0. The molecule has 0 saturated carbocycles. The molecule has 1 heterocycles. The van der Waals surface area contributed by atoms with Crippen LogP contribution in [-0.4, -0.2) is 22.7 Å². The van der Waals surface area contributed by atoms with E-state index in [4.69, 9.17) is 4.74 Å². The largest absolute Gasteiger partial charge is 0.444 e. The van der Waals surface area contributed by atoms with Gasteiger partial charge in [0.25, 0.3) is 0 Å². The summed E-state index contributed by atoms with van der Waals surface area (Å²) in [7, 11) is 0. The van der Waals surface area contributed by atoms with Crippen LogP contribution < -0.4 is 5.32 Å². The van der Waals surface area contributed by atoms with E-state index >= 15 is 0 Å². The molecule has 0 saturated heterocycles. The van der Waals surface area contributed by atoms with Crippen LogP contribution in [-0.2, 0) is 17.6 Å². The number of rotatable bonds is 5. The average Bonchev–Trinajstić information content (AvgIpc) is 2.97. The van der Waals surface area contributed by atoms with Gasteiger partial charge in [0.2, 0.25) is 0 Å². The van der Waals surface area contributed by atoms with Gasteiger partial charge in [-0.25, -0.2) is 4.79 Å². The molecule has 2 aromatic carbocycles. The number of aromatic nitrogens is 1. The van der Waals surface area contributed by atoms with E-state index in [0.717, 1.165) is 18.4 Å². The predicted octanol–water partition coefficient (Wildman–Crippen LogP) is 4.85. The number of alkyl carbamates (subject to hydrolysis) is 1. The Morgan fingerprint density at radius 2 is 1.73 bits per heavy atom. The molecule has 0 aliphatic carbocycles. The summed E-state index contributed by atoms with van der Waals surface area (Å²) < 4.78 is 5.45. The fourth-order valence-electron chi connectivity index (χ4n) is 3.11. The number of aromatic amines is 1. The van der Waals surface area contributed by atoms with Crippen LogP contribution in [0.4, 0.5) is 4.79 Å². The van der Waals surface area contributed by atoms with Gasteiger partial charge < -0.3 is 15.0 Å². The quantitative estimate of drug-likeness (QED) is 0.691. The number of fused-ring (bicyclic) bond motifs is 1. The molecule has 3 aromatic rings. The number of H-pyrrole nitrogens is 1. The van der Waals surface area contributed by atoms with E-state index in [0.29, 0.717) is 0 Å². The van der Waals surface area contributed by atoms with Crippen molar-refractivity contribution in [3.63, 3.8) is 0 Å². The van der Waals surface area contributed by atoms with Crippen LogP contribution in [0.25, 0.3) is 10.9 Å². The number of ether oxygens (including phenoxy) is 1. The minimum atomic E-state index is -0.512. The van der Waals surface area contributed by atoms with Gasteiger partial charge in [-0.2, -0.15) is 0 Å². The van der Waals surface area contributed by atoms with E-state index < -0.39 is 5.60 Å². The number of hydrogen-bond acceptors (Lipinski definition) is 2. The fraction of sp³-hybridized carbons (Fsp3) is 0.318. The van der Waals surface area contributed by atoms with Crippen LogP contribution in [0.5, 0.6) is 0 Å². The summed E-state index contributed by atoms with van der Waals surface area (Å²) in [4.78, 5) is 15.6. The van der Waals surface area contributed by atoms with Crippen LogP contribution in [0.2, 0.25) is 0 Å². The summed E-state index contributed by atoms with van der Waals surface area (Å²) in [6, 6.07) is 18.4. The number of para-hydroxylation sites is 1. The monoisotopic (exact) mass is 350 g/mol.